The van der Waals surface area contributed by atoms with E-state index in [0.29, 0.717) is 6.54 Å². The summed E-state index contributed by atoms with van der Waals surface area (Å²) in [4.78, 5) is 9.27. The minimum Gasteiger partial charge on any atom is -0.368 e. The molecule has 0 radical (unpaired) electrons. The molecule has 0 saturated heterocycles. The van der Waals surface area contributed by atoms with E-state index in [4.69, 9.17) is 0 Å². The van der Waals surface area contributed by atoms with Crippen LogP contribution in [0.3, 0.4) is 0 Å². The number of hydrogen-bond donors (Lipinski definition) is 2. The van der Waals surface area contributed by atoms with Gasteiger partial charge in [-0.1, -0.05) is 37.3 Å². The lowest BCUT2D eigenvalue weighted by molar-refractivity contribution is 0.583. The van der Waals surface area contributed by atoms with Crippen LogP contribution in [0.25, 0.3) is 10.9 Å². The van der Waals surface area contributed by atoms with Crippen LogP contribution >= 0.6 is 0 Å². The number of anilines is 1. The predicted octanol–water partition coefficient (Wildman–Crippen LogP) is 2.58. The van der Waals surface area contributed by atoms with Crippen LogP contribution in [0.2, 0.25) is 0 Å². The Morgan fingerprint density at radius 1 is 0.920 bits per heavy atom. The van der Waals surface area contributed by atoms with E-state index in [9.17, 15) is 8.42 Å². The van der Waals surface area contributed by atoms with Gasteiger partial charge in [-0.25, -0.2) is 23.1 Å². The van der Waals surface area contributed by atoms with Gasteiger partial charge in [-0.2, -0.15) is 0 Å². The second-order valence-electron chi connectivity index (χ2n) is 5.50. The highest BCUT2D eigenvalue weighted by Crippen LogP contribution is 2.20. The first kappa shape index (κ1) is 17.3. The lowest BCUT2D eigenvalue weighted by Crippen LogP contribution is -2.29. The highest BCUT2D eigenvalue weighted by molar-refractivity contribution is 7.89. The second-order valence-corrected chi connectivity index (χ2v) is 7.26. The molecule has 0 spiro atoms. The van der Waals surface area contributed by atoms with Gasteiger partial charge in [0.15, 0.2) is 0 Å². The molecule has 1 heterocycles. The third-order valence-corrected chi connectivity index (χ3v) is 5.21. The van der Waals surface area contributed by atoms with E-state index >= 15 is 0 Å². The second kappa shape index (κ2) is 7.58. The summed E-state index contributed by atoms with van der Waals surface area (Å²) in [5.74, 6) is 1.48. The van der Waals surface area contributed by atoms with Gasteiger partial charge in [0.05, 0.1) is 10.4 Å². The predicted molar refractivity (Wildman–Crippen MR) is 99.0 cm³/mol. The van der Waals surface area contributed by atoms with Crippen LogP contribution in [0, 0.1) is 0 Å². The minimum atomic E-state index is -3.49. The maximum Gasteiger partial charge on any atom is 0.240 e. The molecule has 3 rings (SSSR count). The van der Waals surface area contributed by atoms with Crippen molar-refractivity contribution in [3.8, 4) is 0 Å². The van der Waals surface area contributed by atoms with Gasteiger partial charge in [0.25, 0.3) is 0 Å². The van der Waals surface area contributed by atoms with Gasteiger partial charge in [-0.05, 0) is 24.3 Å². The molecule has 0 saturated carbocycles. The fourth-order valence-corrected chi connectivity index (χ4v) is 3.52. The summed E-state index contributed by atoms with van der Waals surface area (Å²) in [5, 5.41) is 4.13. The quantitative estimate of drug-likeness (QED) is 0.636. The molecule has 25 heavy (non-hydrogen) atoms. The van der Waals surface area contributed by atoms with Crippen molar-refractivity contribution in [1.29, 1.82) is 0 Å². The van der Waals surface area contributed by atoms with Gasteiger partial charge in [-0.15, -0.1) is 0 Å². The molecular formula is C18H20N4O2S. The highest BCUT2D eigenvalue weighted by Gasteiger charge is 2.12. The zero-order valence-electron chi connectivity index (χ0n) is 13.9. The van der Waals surface area contributed by atoms with Crippen molar-refractivity contribution in [2.45, 2.75) is 18.2 Å². The molecule has 0 amide bonds. The monoisotopic (exact) mass is 356 g/mol. The average molecular weight is 356 g/mol. The van der Waals surface area contributed by atoms with E-state index in [0.717, 1.165) is 29.0 Å². The molecule has 0 bridgehead atoms. The fourth-order valence-electron chi connectivity index (χ4n) is 2.47. The molecular weight excluding hydrogens is 336 g/mol. The average Bonchev–Trinajstić information content (AvgIpc) is 2.65. The summed E-state index contributed by atoms with van der Waals surface area (Å²) in [7, 11) is -3.49. The van der Waals surface area contributed by atoms with Crippen molar-refractivity contribution in [3.63, 3.8) is 0 Å². The lowest BCUT2D eigenvalue weighted by atomic mass is 10.2. The number of fused-ring (bicyclic) bond motifs is 1. The molecule has 2 N–H and O–H groups in total. The molecule has 0 aliphatic carbocycles. The molecule has 3 aromatic rings. The first-order valence-electron chi connectivity index (χ1n) is 8.14. The smallest absolute Gasteiger partial charge is 0.240 e. The van der Waals surface area contributed by atoms with Crippen LogP contribution in [-0.2, 0) is 16.4 Å². The molecule has 7 heteroatoms. The Morgan fingerprint density at radius 3 is 2.40 bits per heavy atom. The van der Waals surface area contributed by atoms with E-state index < -0.39 is 10.0 Å². The molecule has 2 aromatic carbocycles. The number of nitrogens with one attached hydrogen (secondary N) is 2. The zero-order chi connectivity index (χ0) is 17.7. The molecule has 0 fully saturated rings. The summed E-state index contributed by atoms with van der Waals surface area (Å²) < 4.78 is 27.0. The van der Waals surface area contributed by atoms with Crippen LogP contribution in [-0.4, -0.2) is 31.5 Å². The van der Waals surface area contributed by atoms with Gasteiger partial charge < -0.3 is 5.32 Å². The summed E-state index contributed by atoms with van der Waals surface area (Å²) in [6, 6.07) is 16.1. The molecule has 0 unspecified atom stereocenters. The van der Waals surface area contributed by atoms with Gasteiger partial charge in [0.1, 0.15) is 11.6 Å². The molecule has 6 nitrogen and oxygen atoms in total. The van der Waals surface area contributed by atoms with Crippen LogP contribution < -0.4 is 10.0 Å². The Bertz CT molecular complexity index is 959. The van der Waals surface area contributed by atoms with Crippen molar-refractivity contribution >= 4 is 26.7 Å². The Hall–Kier alpha value is -2.51. The zero-order valence-corrected chi connectivity index (χ0v) is 14.8. The van der Waals surface area contributed by atoms with Crippen LogP contribution in [0.5, 0.6) is 0 Å². The fraction of sp³-hybridized carbons (Fsp3) is 0.222. The number of aromatic nitrogens is 2. The Labute approximate surface area is 147 Å². The van der Waals surface area contributed by atoms with Crippen molar-refractivity contribution in [3.05, 3.63) is 60.4 Å². The Kier molecular flexibility index (Phi) is 5.25. The van der Waals surface area contributed by atoms with Crippen LogP contribution in [0.1, 0.15) is 12.7 Å². The Morgan fingerprint density at radius 2 is 1.64 bits per heavy atom. The normalized spacial score (nSPS) is 11.6. The minimum absolute atomic E-state index is 0.260. The number of rotatable bonds is 7. The summed E-state index contributed by atoms with van der Waals surface area (Å²) in [6.45, 7) is 2.69. The third-order valence-electron chi connectivity index (χ3n) is 3.73. The van der Waals surface area contributed by atoms with Gasteiger partial charge in [0, 0.05) is 24.9 Å². The first-order chi connectivity index (χ1) is 12.1. The van der Waals surface area contributed by atoms with E-state index in [1.165, 1.54) is 0 Å². The van der Waals surface area contributed by atoms with Crippen LogP contribution in [0.15, 0.2) is 59.5 Å². The number of aryl methyl sites for hydroxylation is 1. The summed E-state index contributed by atoms with van der Waals surface area (Å²) in [5.41, 5.74) is 0.877. The van der Waals surface area contributed by atoms with Crippen molar-refractivity contribution < 1.29 is 8.42 Å². The van der Waals surface area contributed by atoms with E-state index in [1.807, 2.05) is 31.2 Å². The van der Waals surface area contributed by atoms with Gasteiger partial charge in [-0.3, -0.25) is 0 Å². The van der Waals surface area contributed by atoms with Crippen LogP contribution in [0.4, 0.5) is 5.82 Å². The largest absolute Gasteiger partial charge is 0.368 e. The van der Waals surface area contributed by atoms with Crippen molar-refractivity contribution in [2.75, 3.05) is 18.4 Å². The third kappa shape index (κ3) is 4.12. The number of para-hydroxylation sites is 1. The number of benzene rings is 2. The Balaban J connectivity index is 1.67. The van der Waals surface area contributed by atoms with Gasteiger partial charge in [0.2, 0.25) is 10.0 Å². The summed E-state index contributed by atoms with van der Waals surface area (Å²) >= 11 is 0. The number of nitrogens with zero attached hydrogens (tertiary/aromatic N) is 2. The van der Waals surface area contributed by atoms with Gasteiger partial charge >= 0.3 is 0 Å². The number of sulfonamides is 1. The molecule has 0 aliphatic heterocycles. The maximum absolute atomic E-state index is 12.2. The standard InChI is InChI=1S/C18H20N4O2S/c1-2-17-21-16-11-7-6-10-15(16)18(22-17)19-12-13-20-25(23,24)14-8-4-3-5-9-14/h3-11,20H,2,12-13H2,1H3,(H,19,21,22). The van der Waals surface area contributed by atoms with Crippen molar-refractivity contribution in [1.82, 2.24) is 14.7 Å². The maximum atomic E-state index is 12.2. The van der Waals surface area contributed by atoms with Crippen molar-refractivity contribution in [2.24, 2.45) is 0 Å². The molecule has 0 atom stereocenters. The first-order valence-corrected chi connectivity index (χ1v) is 9.62. The van der Waals surface area contributed by atoms with E-state index in [-0.39, 0.29) is 11.4 Å². The topological polar surface area (TPSA) is 84.0 Å². The van der Waals surface area contributed by atoms with E-state index in [2.05, 4.69) is 20.0 Å². The molecule has 130 valence electrons. The SMILES string of the molecule is CCc1nc(NCCNS(=O)(=O)c2ccccc2)c2ccccc2n1. The number of hydrogen-bond acceptors (Lipinski definition) is 5. The summed E-state index contributed by atoms with van der Waals surface area (Å²) in [6.07, 6.45) is 0.736. The molecule has 1 aromatic heterocycles. The highest BCUT2D eigenvalue weighted by atomic mass is 32.2. The lowest BCUT2D eigenvalue weighted by Gasteiger charge is -2.11. The molecule has 0 aliphatic rings. The van der Waals surface area contributed by atoms with E-state index in [1.54, 1.807) is 30.3 Å².